The first-order chi connectivity index (χ1) is 9.24. The van der Waals surface area contributed by atoms with Crippen molar-refractivity contribution in [2.75, 3.05) is 6.61 Å². The maximum absolute atomic E-state index is 10.4. The van der Waals surface area contributed by atoms with Gasteiger partial charge in [0.25, 0.3) is 0 Å². The molecular weight excluding hydrogens is 242 g/mol. The molecule has 0 spiro atoms. The van der Waals surface area contributed by atoms with E-state index in [9.17, 15) is 10.2 Å². The molecule has 1 aromatic heterocycles. The monoisotopic (exact) mass is 257 g/mol. The molecule has 98 valence electrons. The fourth-order valence-corrected chi connectivity index (χ4v) is 2.43. The molecule has 2 N–H and O–H groups in total. The number of aliphatic hydroxyl groups is 1. The topological polar surface area (TPSA) is 62.6 Å². The third kappa shape index (κ3) is 2.39. The van der Waals surface area contributed by atoms with Gasteiger partial charge in [0.2, 0.25) is 0 Å². The number of aliphatic hydroxyl groups excluding tert-OH is 1. The number of hydrogen-bond donors (Lipinski definition) is 2. The Morgan fingerprint density at radius 3 is 2.79 bits per heavy atom. The standard InChI is InChI=1S/C15H15NO3/c17-12-1-2-14-13(8-12)15(18)11(9-19-14)7-10-3-5-16-6-4-10/h1-6,8,11,15,17-18H,7,9H2/t11-,15-/m1/s1. The fourth-order valence-electron chi connectivity index (χ4n) is 2.43. The summed E-state index contributed by atoms with van der Waals surface area (Å²) in [5.41, 5.74) is 1.77. The van der Waals surface area contributed by atoms with Crippen molar-refractivity contribution in [3.8, 4) is 11.5 Å². The van der Waals surface area contributed by atoms with Crippen LogP contribution in [0.25, 0.3) is 0 Å². The van der Waals surface area contributed by atoms with Gasteiger partial charge in [0.15, 0.2) is 0 Å². The van der Waals surface area contributed by atoms with E-state index in [2.05, 4.69) is 4.98 Å². The van der Waals surface area contributed by atoms with E-state index in [0.29, 0.717) is 17.9 Å². The van der Waals surface area contributed by atoms with Crippen molar-refractivity contribution < 1.29 is 14.9 Å². The van der Waals surface area contributed by atoms with Crippen LogP contribution in [0.5, 0.6) is 11.5 Å². The Hall–Kier alpha value is -2.07. The number of nitrogens with zero attached hydrogens (tertiary/aromatic N) is 1. The second-order valence-corrected chi connectivity index (χ2v) is 4.80. The summed E-state index contributed by atoms with van der Waals surface area (Å²) in [5.74, 6) is 0.777. The molecule has 2 aromatic rings. The number of ether oxygens (including phenoxy) is 1. The van der Waals surface area contributed by atoms with E-state index in [1.54, 1.807) is 30.6 Å². The van der Waals surface area contributed by atoms with Crippen LogP contribution >= 0.6 is 0 Å². The van der Waals surface area contributed by atoms with Crippen molar-refractivity contribution >= 4 is 0 Å². The highest BCUT2D eigenvalue weighted by atomic mass is 16.5. The minimum atomic E-state index is -0.621. The lowest BCUT2D eigenvalue weighted by molar-refractivity contribution is 0.0505. The van der Waals surface area contributed by atoms with Gasteiger partial charge in [-0.3, -0.25) is 4.98 Å². The summed E-state index contributed by atoms with van der Waals surface area (Å²) < 4.78 is 5.65. The largest absolute Gasteiger partial charge is 0.508 e. The fraction of sp³-hybridized carbons (Fsp3) is 0.267. The molecule has 0 fully saturated rings. The maximum Gasteiger partial charge on any atom is 0.125 e. The number of rotatable bonds is 2. The minimum absolute atomic E-state index is 0.0169. The molecule has 4 heteroatoms. The normalized spacial score (nSPS) is 21.5. The van der Waals surface area contributed by atoms with Gasteiger partial charge in [-0.25, -0.2) is 0 Å². The second kappa shape index (κ2) is 4.90. The van der Waals surface area contributed by atoms with Crippen molar-refractivity contribution in [2.45, 2.75) is 12.5 Å². The SMILES string of the molecule is Oc1ccc2c(c1)[C@H](O)[C@H](Cc1ccncc1)CO2. The molecule has 0 aliphatic carbocycles. The number of aromatic nitrogens is 1. The summed E-state index contributed by atoms with van der Waals surface area (Å²) in [6, 6.07) is 8.69. The number of phenols is 1. The Kier molecular flexibility index (Phi) is 3.09. The van der Waals surface area contributed by atoms with Gasteiger partial charge in [-0.2, -0.15) is 0 Å². The summed E-state index contributed by atoms with van der Waals surface area (Å²) in [6.07, 6.45) is 3.58. The van der Waals surface area contributed by atoms with Crippen molar-refractivity contribution in [3.63, 3.8) is 0 Å². The van der Waals surface area contributed by atoms with E-state index >= 15 is 0 Å². The van der Waals surface area contributed by atoms with Gasteiger partial charge in [0.05, 0.1) is 12.7 Å². The Bertz CT molecular complexity index is 571. The highest BCUT2D eigenvalue weighted by molar-refractivity contribution is 5.42. The Labute approximate surface area is 111 Å². The van der Waals surface area contributed by atoms with Crippen LogP contribution in [0.1, 0.15) is 17.2 Å². The molecule has 4 nitrogen and oxygen atoms in total. The van der Waals surface area contributed by atoms with E-state index in [-0.39, 0.29) is 11.7 Å². The van der Waals surface area contributed by atoms with Gasteiger partial charge < -0.3 is 14.9 Å². The number of benzene rings is 1. The van der Waals surface area contributed by atoms with Gasteiger partial charge >= 0.3 is 0 Å². The second-order valence-electron chi connectivity index (χ2n) is 4.80. The van der Waals surface area contributed by atoms with E-state index in [1.807, 2.05) is 12.1 Å². The van der Waals surface area contributed by atoms with Crippen molar-refractivity contribution in [3.05, 3.63) is 53.9 Å². The predicted octanol–water partition coefficient (Wildman–Crippen LogP) is 2.07. The zero-order chi connectivity index (χ0) is 13.2. The van der Waals surface area contributed by atoms with Gasteiger partial charge in [-0.1, -0.05) is 0 Å². The van der Waals surface area contributed by atoms with Crippen molar-refractivity contribution in [1.29, 1.82) is 0 Å². The van der Waals surface area contributed by atoms with Crippen LogP contribution < -0.4 is 4.74 Å². The summed E-state index contributed by atoms with van der Waals surface area (Å²) in [5, 5.41) is 19.9. The minimum Gasteiger partial charge on any atom is -0.508 e. The van der Waals surface area contributed by atoms with Crippen LogP contribution in [0.2, 0.25) is 0 Å². The smallest absolute Gasteiger partial charge is 0.125 e. The van der Waals surface area contributed by atoms with Gasteiger partial charge in [0.1, 0.15) is 11.5 Å². The third-order valence-corrected chi connectivity index (χ3v) is 3.46. The van der Waals surface area contributed by atoms with Crippen molar-refractivity contribution in [1.82, 2.24) is 4.98 Å². The Morgan fingerprint density at radius 2 is 2.00 bits per heavy atom. The molecule has 0 saturated heterocycles. The average Bonchev–Trinajstić information content (AvgIpc) is 2.44. The highest BCUT2D eigenvalue weighted by Gasteiger charge is 2.29. The van der Waals surface area contributed by atoms with E-state index in [4.69, 9.17) is 4.74 Å². The summed E-state index contributed by atoms with van der Waals surface area (Å²) >= 11 is 0. The molecule has 0 saturated carbocycles. The molecule has 2 atom stereocenters. The lowest BCUT2D eigenvalue weighted by Gasteiger charge is -2.30. The Balaban J connectivity index is 1.83. The lowest BCUT2D eigenvalue weighted by atomic mass is 9.88. The molecule has 0 unspecified atom stereocenters. The zero-order valence-electron chi connectivity index (χ0n) is 10.4. The number of phenolic OH excluding ortho intramolecular Hbond substituents is 1. The number of fused-ring (bicyclic) bond motifs is 1. The first-order valence-electron chi connectivity index (χ1n) is 6.27. The van der Waals surface area contributed by atoms with Gasteiger partial charge in [-0.05, 0) is 42.3 Å². The lowest BCUT2D eigenvalue weighted by Crippen LogP contribution is -2.27. The van der Waals surface area contributed by atoms with Crippen molar-refractivity contribution in [2.24, 2.45) is 5.92 Å². The molecule has 0 amide bonds. The quantitative estimate of drug-likeness (QED) is 0.864. The zero-order valence-corrected chi connectivity index (χ0v) is 10.4. The molecule has 1 aliphatic heterocycles. The summed E-state index contributed by atoms with van der Waals surface area (Å²) in [7, 11) is 0. The Morgan fingerprint density at radius 1 is 1.21 bits per heavy atom. The van der Waals surface area contributed by atoms with Crippen LogP contribution in [0.15, 0.2) is 42.7 Å². The summed E-state index contributed by atoms with van der Waals surface area (Å²) in [6.45, 7) is 0.473. The van der Waals surface area contributed by atoms with Crippen LogP contribution in [-0.4, -0.2) is 21.8 Å². The molecule has 0 bridgehead atoms. The molecular formula is C15H15NO3. The van der Waals surface area contributed by atoms with Gasteiger partial charge in [-0.15, -0.1) is 0 Å². The van der Waals surface area contributed by atoms with E-state index in [0.717, 1.165) is 12.0 Å². The predicted molar refractivity (Wildman–Crippen MR) is 70.0 cm³/mol. The van der Waals surface area contributed by atoms with E-state index in [1.165, 1.54) is 0 Å². The maximum atomic E-state index is 10.4. The summed E-state index contributed by atoms with van der Waals surface area (Å²) in [4.78, 5) is 3.98. The van der Waals surface area contributed by atoms with Crippen LogP contribution in [0, 0.1) is 5.92 Å². The molecule has 3 rings (SSSR count). The van der Waals surface area contributed by atoms with E-state index < -0.39 is 6.10 Å². The van der Waals surface area contributed by atoms with Gasteiger partial charge in [0, 0.05) is 23.9 Å². The first kappa shape index (κ1) is 12.0. The molecule has 0 radical (unpaired) electrons. The molecule has 1 aromatic carbocycles. The number of aromatic hydroxyl groups is 1. The third-order valence-electron chi connectivity index (χ3n) is 3.46. The average molecular weight is 257 g/mol. The number of pyridine rings is 1. The first-order valence-corrected chi connectivity index (χ1v) is 6.27. The molecule has 2 heterocycles. The molecule has 19 heavy (non-hydrogen) atoms. The highest BCUT2D eigenvalue weighted by Crippen LogP contribution is 2.38. The molecule has 1 aliphatic rings. The van der Waals surface area contributed by atoms with Crippen LogP contribution in [-0.2, 0) is 6.42 Å². The van der Waals surface area contributed by atoms with Crippen LogP contribution in [0.3, 0.4) is 0 Å². The number of hydrogen-bond acceptors (Lipinski definition) is 4. The van der Waals surface area contributed by atoms with Crippen LogP contribution in [0.4, 0.5) is 0 Å².